The number of rotatable bonds is 3. The average Bonchev–Trinajstić information content (AvgIpc) is 2.62. The second kappa shape index (κ2) is 5.72. The smallest absolute Gasteiger partial charge is 0.382 e. The SMILES string of the molecule is CN1C2CCC1CC(Nc1ccc(SC(F)(F)F)cc1)C2. The Labute approximate surface area is 127 Å². The Balaban J connectivity index is 1.59. The first kappa shape index (κ1) is 15.0. The van der Waals surface area contributed by atoms with E-state index in [0.717, 1.165) is 18.5 Å². The second-order valence-electron chi connectivity index (χ2n) is 5.94. The molecular weight excluding hydrogens is 297 g/mol. The Morgan fingerprint density at radius 3 is 2.19 bits per heavy atom. The van der Waals surface area contributed by atoms with E-state index in [1.54, 1.807) is 12.1 Å². The highest BCUT2D eigenvalue weighted by Crippen LogP contribution is 2.38. The molecule has 2 unspecified atom stereocenters. The fourth-order valence-electron chi connectivity index (χ4n) is 3.52. The quantitative estimate of drug-likeness (QED) is 0.835. The highest BCUT2D eigenvalue weighted by atomic mass is 32.2. The zero-order chi connectivity index (χ0) is 15.0. The number of halogens is 3. The van der Waals surface area contributed by atoms with Crippen LogP contribution in [0.5, 0.6) is 0 Å². The highest BCUT2D eigenvalue weighted by molar-refractivity contribution is 8.00. The van der Waals surface area contributed by atoms with Gasteiger partial charge in [0.2, 0.25) is 0 Å². The molecule has 2 atom stereocenters. The lowest BCUT2D eigenvalue weighted by Crippen LogP contribution is -2.44. The summed E-state index contributed by atoms with van der Waals surface area (Å²) in [5.74, 6) is 0. The molecule has 2 aliphatic rings. The van der Waals surface area contributed by atoms with Crippen molar-refractivity contribution in [1.29, 1.82) is 0 Å². The van der Waals surface area contributed by atoms with Crippen LogP contribution in [-0.4, -0.2) is 35.6 Å². The summed E-state index contributed by atoms with van der Waals surface area (Å²) in [7, 11) is 2.20. The van der Waals surface area contributed by atoms with Gasteiger partial charge in [-0.05, 0) is 68.8 Å². The van der Waals surface area contributed by atoms with Gasteiger partial charge >= 0.3 is 5.51 Å². The molecule has 2 fully saturated rings. The van der Waals surface area contributed by atoms with E-state index < -0.39 is 5.51 Å². The monoisotopic (exact) mass is 316 g/mol. The highest BCUT2D eigenvalue weighted by Gasteiger charge is 2.38. The summed E-state index contributed by atoms with van der Waals surface area (Å²) in [6, 6.07) is 8.29. The molecule has 2 heterocycles. The number of thioether (sulfide) groups is 1. The largest absolute Gasteiger partial charge is 0.446 e. The van der Waals surface area contributed by atoms with Crippen molar-refractivity contribution in [3.63, 3.8) is 0 Å². The fourth-order valence-corrected chi connectivity index (χ4v) is 4.06. The van der Waals surface area contributed by atoms with E-state index in [0.29, 0.717) is 18.1 Å². The number of hydrogen-bond donors (Lipinski definition) is 1. The summed E-state index contributed by atoms with van der Waals surface area (Å²) >= 11 is -0.0679. The van der Waals surface area contributed by atoms with Crippen LogP contribution in [0.25, 0.3) is 0 Å². The fraction of sp³-hybridized carbons (Fsp3) is 0.600. The van der Waals surface area contributed by atoms with Crippen molar-refractivity contribution in [1.82, 2.24) is 4.90 Å². The van der Waals surface area contributed by atoms with Crippen molar-refractivity contribution < 1.29 is 13.2 Å². The molecule has 1 N–H and O–H groups in total. The first-order valence-electron chi connectivity index (χ1n) is 7.25. The molecule has 116 valence electrons. The summed E-state index contributed by atoms with van der Waals surface area (Å²) in [5.41, 5.74) is -3.31. The van der Waals surface area contributed by atoms with Gasteiger partial charge in [0.15, 0.2) is 0 Å². The van der Waals surface area contributed by atoms with Crippen LogP contribution < -0.4 is 5.32 Å². The number of piperidine rings is 1. The first-order valence-corrected chi connectivity index (χ1v) is 8.06. The number of alkyl halides is 3. The van der Waals surface area contributed by atoms with Gasteiger partial charge in [0.25, 0.3) is 0 Å². The lowest BCUT2D eigenvalue weighted by Gasteiger charge is -2.37. The van der Waals surface area contributed by atoms with E-state index in [1.165, 1.54) is 25.0 Å². The number of nitrogens with one attached hydrogen (secondary N) is 1. The molecule has 0 saturated carbocycles. The Morgan fingerprint density at radius 1 is 1.10 bits per heavy atom. The zero-order valence-corrected chi connectivity index (χ0v) is 12.7. The standard InChI is InChI=1S/C15H19F3N2S/c1-20-12-4-5-13(20)9-11(8-12)19-10-2-6-14(7-3-10)21-15(16,17)18/h2-3,6-7,11-13,19H,4-5,8-9H2,1H3. The van der Waals surface area contributed by atoms with Crippen molar-refractivity contribution in [3.05, 3.63) is 24.3 Å². The molecule has 3 rings (SSSR count). The van der Waals surface area contributed by atoms with Gasteiger partial charge in [-0.2, -0.15) is 13.2 Å². The van der Waals surface area contributed by atoms with Crippen molar-refractivity contribution in [2.75, 3.05) is 12.4 Å². The Hall–Kier alpha value is -0.880. The van der Waals surface area contributed by atoms with Gasteiger partial charge in [-0.1, -0.05) is 0 Å². The molecular formula is C15H19F3N2S. The molecule has 0 amide bonds. The number of nitrogens with zero attached hydrogens (tertiary/aromatic N) is 1. The van der Waals surface area contributed by atoms with Crippen LogP contribution in [0.4, 0.5) is 18.9 Å². The van der Waals surface area contributed by atoms with Crippen LogP contribution >= 0.6 is 11.8 Å². The van der Waals surface area contributed by atoms with Gasteiger partial charge in [-0.3, -0.25) is 0 Å². The summed E-state index contributed by atoms with van der Waals surface area (Å²) in [6.07, 6.45) is 4.76. The van der Waals surface area contributed by atoms with E-state index in [1.807, 2.05) is 0 Å². The molecule has 2 saturated heterocycles. The third-order valence-corrected chi connectivity index (χ3v) is 5.30. The molecule has 21 heavy (non-hydrogen) atoms. The number of hydrogen-bond acceptors (Lipinski definition) is 3. The average molecular weight is 316 g/mol. The minimum absolute atomic E-state index is 0.0679. The maximum Gasteiger partial charge on any atom is 0.446 e. The third kappa shape index (κ3) is 3.66. The van der Waals surface area contributed by atoms with Crippen molar-refractivity contribution in [2.24, 2.45) is 0 Å². The van der Waals surface area contributed by atoms with E-state index in [9.17, 15) is 13.2 Å². The molecule has 0 radical (unpaired) electrons. The van der Waals surface area contributed by atoms with E-state index >= 15 is 0 Å². The van der Waals surface area contributed by atoms with Crippen molar-refractivity contribution >= 4 is 17.4 Å². The van der Waals surface area contributed by atoms with Gasteiger partial charge in [-0.25, -0.2) is 0 Å². The predicted molar refractivity (Wildman–Crippen MR) is 79.6 cm³/mol. The van der Waals surface area contributed by atoms with Crippen LogP contribution in [-0.2, 0) is 0 Å². The Bertz CT molecular complexity index is 475. The second-order valence-corrected chi connectivity index (χ2v) is 7.07. The molecule has 1 aromatic carbocycles. The van der Waals surface area contributed by atoms with Gasteiger partial charge in [-0.15, -0.1) is 0 Å². The summed E-state index contributed by atoms with van der Waals surface area (Å²) in [6.45, 7) is 0. The Kier molecular flexibility index (Phi) is 4.10. The molecule has 0 spiro atoms. The Morgan fingerprint density at radius 2 is 1.67 bits per heavy atom. The number of anilines is 1. The molecule has 0 aliphatic carbocycles. The molecule has 2 bridgehead atoms. The van der Waals surface area contributed by atoms with E-state index in [2.05, 4.69) is 17.3 Å². The van der Waals surface area contributed by atoms with Crippen LogP contribution in [0.15, 0.2) is 29.2 Å². The van der Waals surface area contributed by atoms with E-state index in [-0.39, 0.29) is 16.7 Å². The molecule has 2 nitrogen and oxygen atoms in total. The van der Waals surface area contributed by atoms with Gasteiger partial charge in [0.05, 0.1) is 0 Å². The maximum atomic E-state index is 12.3. The lowest BCUT2D eigenvalue weighted by molar-refractivity contribution is -0.0328. The molecule has 1 aromatic rings. The third-order valence-electron chi connectivity index (χ3n) is 4.56. The maximum absolute atomic E-state index is 12.3. The van der Waals surface area contributed by atoms with Crippen LogP contribution in [0.2, 0.25) is 0 Å². The summed E-state index contributed by atoms with van der Waals surface area (Å²) in [4.78, 5) is 2.71. The first-order chi connectivity index (χ1) is 9.90. The zero-order valence-electron chi connectivity index (χ0n) is 11.9. The summed E-state index contributed by atoms with van der Waals surface area (Å²) in [5, 5.41) is 3.48. The number of benzene rings is 1. The summed E-state index contributed by atoms with van der Waals surface area (Å²) < 4.78 is 36.9. The minimum atomic E-state index is -4.22. The topological polar surface area (TPSA) is 15.3 Å². The minimum Gasteiger partial charge on any atom is -0.382 e. The normalized spacial score (nSPS) is 29.6. The van der Waals surface area contributed by atoms with Gasteiger partial charge < -0.3 is 10.2 Å². The molecule has 0 aromatic heterocycles. The van der Waals surface area contributed by atoms with Gasteiger partial charge in [0.1, 0.15) is 0 Å². The lowest BCUT2D eigenvalue weighted by atomic mass is 9.98. The van der Waals surface area contributed by atoms with E-state index in [4.69, 9.17) is 0 Å². The number of fused-ring (bicyclic) bond motifs is 2. The van der Waals surface area contributed by atoms with Crippen molar-refractivity contribution in [3.8, 4) is 0 Å². The van der Waals surface area contributed by atoms with Gasteiger partial charge in [0, 0.05) is 28.7 Å². The van der Waals surface area contributed by atoms with Crippen LogP contribution in [0.3, 0.4) is 0 Å². The molecule has 6 heteroatoms. The van der Waals surface area contributed by atoms with Crippen LogP contribution in [0.1, 0.15) is 25.7 Å². The van der Waals surface area contributed by atoms with Crippen molar-refractivity contribution in [2.45, 2.75) is 54.2 Å². The molecule has 2 aliphatic heterocycles. The predicted octanol–water partition coefficient (Wildman–Crippen LogP) is 4.34. The van der Waals surface area contributed by atoms with Crippen LogP contribution in [0, 0.1) is 0 Å².